The number of nitrogens with one attached hydrogen (secondary N) is 1. The number of nitriles is 1. The maximum atomic E-state index is 8.70. The summed E-state index contributed by atoms with van der Waals surface area (Å²) in [5.41, 5.74) is 6.91. The SMILES string of the molecule is C=C(CC#N)NCc1ccc(CN2CC(=C)c3cc(OCCCC)ccc3C2)cc1. The standard InChI is InChI=1S/C26H31N3O/c1-4-5-14-30-25-11-10-24-19-29(17-20(2)26(24)15-25)18-23-8-6-22(7-9-23)16-28-21(3)12-13-27/h6-11,15,28H,2-5,12,14,16-19H2,1H3. The molecule has 0 aliphatic carbocycles. The van der Waals surface area contributed by atoms with E-state index in [2.05, 4.69) is 78.8 Å². The quantitative estimate of drug-likeness (QED) is 0.541. The molecule has 156 valence electrons. The van der Waals surface area contributed by atoms with Gasteiger partial charge in [-0.2, -0.15) is 5.26 Å². The van der Waals surface area contributed by atoms with Crippen LogP contribution >= 0.6 is 0 Å². The molecule has 2 aromatic rings. The summed E-state index contributed by atoms with van der Waals surface area (Å²) < 4.78 is 5.86. The lowest BCUT2D eigenvalue weighted by molar-refractivity contribution is 0.281. The van der Waals surface area contributed by atoms with Crippen LogP contribution in [0.4, 0.5) is 0 Å². The first-order chi connectivity index (χ1) is 14.6. The minimum Gasteiger partial charge on any atom is -0.494 e. The Bertz CT molecular complexity index is 924. The number of benzene rings is 2. The zero-order chi connectivity index (χ0) is 21.3. The zero-order valence-corrected chi connectivity index (χ0v) is 17.9. The maximum absolute atomic E-state index is 8.70. The van der Waals surface area contributed by atoms with Crippen molar-refractivity contribution in [2.75, 3.05) is 13.2 Å². The van der Waals surface area contributed by atoms with Crippen molar-refractivity contribution in [3.05, 3.63) is 83.6 Å². The summed E-state index contributed by atoms with van der Waals surface area (Å²) in [6.45, 7) is 14.5. The van der Waals surface area contributed by atoms with Crippen LogP contribution in [-0.4, -0.2) is 18.1 Å². The molecule has 0 saturated heterocycles. The molecule has 30 heavy (non-hydrogen) atoms. The lowest BCUT2D eigenvalue weighted by Gasteiger charge is -2.30. The van der Waals surface area contributed by atoms with Gasteiger partial charge in [-0.3, -0.25) is 4.90 Å². The summed E-state index contributed by atoms with van der Waals surface area (Å²) >= 11 is 0. The Morgan fingerprint density at radius 1 is 1.17 bits per heavy atom. The van der Waals surface area contributed by atoms with Gasteiger partial charge in [-0.1, -0.05) is 56.8 Å². The van der Waals surface area contributed by atoms with Crippen molar-refractivity contribution in [3.8, 4) is 11.8 Å². The number of fused-ring (bicyclic) bond motifs is 1. The minimum absolute atomic E-state index is 0.338. The van der Waals surface area contributed by atoms with Crippen LogP contribution in [0, 0.1) is 11.3 Å². The summed E-state index contributed by atoms with van der Waals surface area (Å²) in [5, 5.41) is 11.9. The molecule has 1 N–H and O–H groups in total. The molecule has 2 aromatic carbocycles. The highest BCUT2D eigenvalue weighted by atomic mass is 16.5. The van der Waals surface area contributed by atoms with E-state index in [9.17, 15) is 0 Å². The van der Waals surface area contributed by atoms with Crippen molar-refractivity contribution >= 4 is 5.57 Å². The number of hydrogen-bond donors (Lipinski definition) is 1. The van der Waals surface area contributed by atoms with Gasteiger partial charge < -0.3 is 10.1 Å². The second kappa shape index (κ2) is 10.7. The highest BCUT2D eigenvalue weighted by molar-refractivity contribution is 5.70. The third-order valence-electron chi connectivity index (χ3n) is 5.30. The molecule has 1 aliphatic rings. The van der Waals surface area contributed by atoms with E-state index in [-0.39, 0.29) is 0 Å². The van der Waals surface area contributed by atoms with Gasteiger partial charge in [-0.05, 0) is 46.4 Å². The van der Waals surface area contributed by atoms with Crippen LogP contribution in [-0.2, 0) is 19.6 Å². The van der Waals surface area contributed by atoms with Crippen LogP contribution in [0.1, 0.15) is 48.4 Å². The monoisotopic (exact) mass is 401 g/mol. The molecule has 0 unspecified atom stereocenters. The Balaban J connectivity index is 1.57. The fraction of sp³-hybridized carbons (Fsp3) is 0.346. The Morgan fingerprint density at radius 2 is 1.93 bits per heavy atom. The highest BCUT2D eigenvalue weighted by Crippen LogP contribution is 2.30. The van der Waals surface area contributed by atoms with Crippen molar-refractivity contribution in [1.82, 2.24) is 10.2 Å². The van der Waals surface area contributed by atoms with Crippen molar-refractivity contribution in [3.63, 3.8) is 0 Å². The number of unbranched alkanes of at least 4 members (excludes halogenated alkanes) is 1. The van der Waals surface area contributed by atoms with E-state index < -0.39 is 0 Å². The Hall–Kier alpha value is -3.03. The molecule has 0 fully saturated rings. The summed E-state index contributed by atoms with van der Waals surface area (Å²) in [7, 11) is 0. The van der Waals surface area contributed by atoms with Crippen LogP contribution in [0.15, 0.2) is 61.3 Å². The molecular formula is C26H31N3O. The molecule has 0 bridgehead atoms. The molecule has 0 radical (unpaired) electrons. The van der Waals surface area contributed by atoms with Crippen molar-refractivity contribution in [2.24, 2.45) is 0 Å². The molecule has 4 heteroatoms. The summed E-state index contributed by atoms with van der Waals surface area (Å²) in [6.07, 6.45) is 2.56. The van der Waals surface area contributed by atoms with E-state index >= 15 is 0 Å². The molecule has 0 spiro atoms. The third-order valence-corrected chi connectivity index (χ3v) is 5.30. The molecule has 3 rings (SSSR count). The summed E-state index contributed by atoms with van der Waals surface area (Å²) in [4.78, 5) is 2.42. The fourth-order valence-electron chi connectivity index (χ4n) is 3.62. The number of nitrogens with zero attached hydrogens (tertiary/aromatic N) is 2. The van der Waals surface area contributed by atoms with Gasteiger partial charge in [0.2, 0.25) is 0 Å². The third kappa shape index (κ3) is 5.98. The molecular weight excluding hydrogens is 370 g/mol. The molecule has 1 heterocycles. The van der Waals surface area contributed by atoms with Crippen LogP contribution in [0.5, 0.6) is 5.75 Å². The second-order valence-corrected chi connectivity index (χ2v) is 7.88. The van der Waals surface area contributed by atoms with Gasteiger partial charge in [-0.15, -0.1) is 0 Å². The molecule has 0 amide bonds. The van der Waals surface area contributed by atoms with Crippen molar-refractivity contribution in [1.29, 1.82) is 5.26 Å². The molecule has 4 nitrogen and oxygen atoms in total. The topological polar surface area (TPSA) is 48.3 Å². The van der Waals surface area contributed by atoms with Crippen LogP contribution in [0.3, 0.4) is 0 Å². The highest BCUT2D eigenvalue weighted by Gasteiger charge is 2.20. The van der Waals surface area contributed by atoms with E-state index in [4.69, 9.17) is 10.00 Å². The van der Waals surface area contributed by atoms with E-state index in [1.165, 1.54) is 22.3 Å². The fourth-order valence-corrected chi connectivity index (χ4v) is 3.62. The van der Waals surface area contributed by atoms with Gasteiger partial charge >= 0.3 is 0 Å². The molecule has 1 aliphatic heterocycles. The number of allylic oxidation sites excluding steroid dienone is 1. The first-order valence-corrected chi connectivity index (χ1v) is 10.6. The lowest BCUT2D eigenvalue weighted by Crippen LogP contribution is -2.29. The predicted molar refractivity (Wildman–Crippen MR) is 123 cm³/mol. The molecule has 0 aromatic heterocycles. The number of rotatable bonds is 10. The van der Waals surface area contributed by atoms with E-state index in [1.54, 1.807) is 0 Å². The van der Waals surface area contributed by atoms with Gasteiger partial charge in [0.15, 0.2) is 0 Å². The largest absolute Gasteiger partial charge is 0.494 e. The number of ether oxygens (including phenoxy) is 1. The second-order valence-electron chi connectivity index (χ2n) is 7.88. The zero-order valence-electron chi connectivity index (χ0n) is 17.9. The Labute approximate surface area is 180 Å². The average molecular weight is 402 g/mol. The molecule has 0 atom stereocenters. The maximum Gasteiger partial charge on any atom is 0.119 e. The molecule has 0 saturated carbocycles. The first-order valence-electron chi connectivity index (χ1n) is 10.6. The smallest absolute Gasteiger partial charge is 0.119 e. The Kier molecular flexibility index (Phi) is 7.70. The van der Waals surface area contributed by atoms with Gasteiger partial charge in [0.05, 0.1) is 19.1 Å². The van der Waals surface area contributed by atoms with E-state index in [0.717, 1.165) is 56.1 Å². The summed E-state index contributed by atoms with van der Waals surface area (Å²) in [5.74, 6) is 0.943. The van der Waals surface area contributed by atoms with Crippen molar-refractivity contribution < 1.29 is 4.74 Å². The van der Waals surface area contributed by atoms with E-state index in [1.807, 2.05) is 0 Å². The van der Waals surface area contributed by atoms with Crippen molar-refractivity contribution in [2.45, 2.75) is 45.8 Å². The van der Waals surface area contributed by atoms with Gasteiger partial charge in [-0.25, -0.2) is 0 Å². The normalized spacial score (nSPS) is 13.4. The van der Waals surface area contributed by atoms with Gasteiger partial charge in [0.25, 0.3) is 0 Å². The average Bonchev–Trinajstić information content (AvgIpc) is 2.74. The van der Waals surface area contributed by atoms with Gasteiger partial charge in [0.1, 0.15) is 5.75 Å². The number of hydrogen-bond acceptors (Lipinski definition) is 4. The van der Waals surface area contributed by atoms with Gasteiger partial charge in [0, 0.05) is 31.9 Å². The first kappa shape index (κ1) is 21.7. The lowest BCUT2D eigenvalue weighted by atomic mass is 9.95. The van der Waals surface area contributed by atoms with Crippen LogP contribution < -0.4 is 10.1 Å². The van der Waals surface area contributed by atoms with E-state index in [0.29, 0.717) is 13.0 Å². The van der Waals surface area contributed by atoms with Crippen LogP contribution in [0.2, 0.25) is 0 Å². The minimum atomic E-state index is 0.338. The Morgan fingerprint density at radius 3 is 2.67 bits per heavy atom. The summed E-state index contributed by atoms with van der Waals surface area (Å²) in [6, 6.07) is 17.1. The van der Waals surface area contributed by atoms with Crippen LogP contribution in [0.25, 0.3) is 5.57 Å². The predicted octanol–water partition coefficient (Wildman–Crippen LogP) is 5.41.